The quantitative estimate of drug-likeness (QED) is 0.876. The molecule has 1 aromatic carbocycles. The van der Waals surface area contributed by atoms with Crippen molar-refractivity contribution in [3.05, 3.63) is 30.1 Å². The third-order valence-electron chi connectivity index (χ3n) is 4.16. The highest BCUT2D eigenvalue weighted by Gasteiger charge is 2.32. The number of rotatable bonds is 5. The van der Waals surface area contributed by atoms with Gasteiger partial charge < -0.3 is 10.2 Å². The van der Waals surface area contributed by atoms with Gasteiger partial charge in [0.15, 0.2) is 0 Å². The lowest BCUT2D eigenvalue weighted by Crippen LogP contribution is -2.46. The first-order valence-electron chi connectivity index (χ1n) is 7.33. The van der Waals surface area contributed by atoms with Crippen LogP contribution in [0.15, 0.2) is 24.3 Å². The van der Waals surface area contributed by atoms with Crippen molar-refractivity contribution in [2.24, 2.45) is 5.41 Å². The van der Waals surface area contributed by atoms with Crippen LogP contribution in [-0.4, -0.2) is 26.7 Å². The Hall–Kier alpha value is -1.09. The Balaban J connectivity index is 2.08. The van der Waals surface area contributed by atoms with Gasteiger partial charge in [-0.25, -0.2) is 4.39 Å². The maximum Gasteiger partial charge on any atom is 0.125 e. The molecule has 1 aliphatic rings. The molecule has 1 N–H and O–H groups in total. The maximum absolute atomic E-state index is 13.3. The number of hydrogen-bond acceptors (Lipinski definition) is 2. The van der Waals surface area contributed by atoms with Crippen LogP contribution in [0.4, 0.5) is 10.1 Å². The molecule has 1 aliphatic heterocycles. The third-order valence-corrected chi connectivity index (χ3v) is 4.16. The van der Waals surface area contributed by atoms with Crippen molar-refractivity contribution in [1.82, 2.24) is 5.32 Å². The summed E-state index contributed by atoms with van der Waals surface area (Å²) in [5, 5.41) is 3.53. The smallest absolute Gasteiger partial charge is 0.125 e. The van der Waals surface area contributed by atoms with Gasteiger partial charge in [0.05, 0.1) is 0 Å². The van der Waals surface area contributed by atoms with E-state index < -0.39 is 0 Å². The predicted octanol–water partition coefficient (Wildman–Crippen LogP) is 3.43. The van der Waals surface area contributed by atoms with Crippen LogP contribution in [0.1, 0.15) is 32.6 Å². The number of anilines is 1. The second-order valence-corrected chi connectivity index (χ2v) is 5.87. The monoisotopic (exact) mass is 264 g/mol. The average Bonchev–Trinajstić information content (AvgIpc) is 2.40. The van der Waals surface area contributed by atoms with Crippen LogP contribution in [0.25, 0.3) is 0 Å². The lowest BCUT2D eigenvalue weighted by atomic mass is 9.76. The summed E-state index contributed by atoms with van der Waals surface area (Å²) < 4.78 is 13.3. The Kier molecular flexibility index (Phi) is 4.81. The van der Waals surface area contributed by atoms with Gasteiger partial charge in [-0.3, -0.25) is 0 Å². The number of nitrogens with one attached hydrogen (secondary N) is 1. The summed E-state index contributed by atoms with van der Waals surface area (Å²) in [7, 11) is 2.07. The molecule has 0 aliphatic carbocycles. The van der Waals surface area contributed by atoms with Crippen LogP contribution >= 0.6 is 0 Å². The first-order valence-corrected chi connectivity index (χ1v) is 7.33. The van der Waals surface area contributed by atoms with Gasteiger partial charge in [0.2, 0.25) is 0 Å². The molecule has 1 heterocycles. The van der Waals surface area contributed by atoms with E-state index in [1.807, 2.05) is 6.07 Å². The zero-order valence-corrected chi connectivity index (χ0v) is 12.1. The maximum atomic E-state index is 13.3. The lowest BCUT2D eigenvalue weighted by Gasteiger charge is -2.41. The van der Waals surface area contributed by atoms with E-state index in [0.717, 1.165) is 25.3 Å². The fourth-order valence-electron chi connectivity index (χ4n) is 3.30. The summed E-state index contributed by atoms with van der Waals surface area (Å²) in [4.78, 5) is 2.20. The third kappa shape index (κ3) is 3.69. The molecule has 0 spiro atoms. The van der Waals surface area contributed by atoms with Crippen molar-refractivity contribution in [3.63, 3.8) is 0 Å². The SMILES string of the molecule is CCCC1(CN(C)c2cccc(F)c2)CCCNC1. The number of benzene rings is 1. The van der Waals surface area contributed by atoms with Gasteiger partial charge in [-0.1, -0.05) is 19.4 Å². The van der Waals surface area contributed by atoms with Crippen molar-refractivity contribution in [1.29, 1.82) is 0 Å². The Morgan fingerprint density at radius 3 is 2.89 bits per heavy atom. The first-order chi connectivity index (χ1) is 9.15. The van der Waals surface area contributed by atoms with Gasteiger partial charge in [-0.2, -0.15) is 0 Å². The van der Waals surface area contributed by atoms with Crippen LogP contribution in [-0.2, 0) is 0 Å². The van der Waals surface area contributed by atoms with E-state index in [4.69, 9.17) is 0 Å². The minimum atomic E-state index is -0.157. The standard InChI is InChI=1S/C16H25FN2/c1-3-8-16(9-5-10-18-12-16)13-19(2)15-7-4-6-14(17)11-15/h4,6-7,11,18H,3,5,8-10,12-13H2,1-2H3. The molecule has 1 aromatic rings. The minimum Gasteiger partial charge on any atom is -0.374 e. The predicted molar refractivity (Wildman–Crippen MR) is 79.1 cm³/mol. The van der Waals surface area contributed by atoms with Gasteiger partial charge in [-0.15, -0.1) is 0 Å². The highest BCUT2D eigenvalue weighted by molar-refractivity contribution is 5.45. The van der Waals surface area contributed by atoms with Gasteiger partial charge >= 0.3 is 0 Å². The molecule has 0 aromatic heterocycles. The van der Waals surface area contributed by atoms with Gasteiger partial charge in [0.1, 0.15) is 5.82 Å². The van der Waals surface area contributed by atoms with Gasteiger partial charge in [0, 0.05) is 31.2 Å². The second-order valence-electron chi connectivity index (χ2n) is 5.87. The number of hydrogen-bond donors (Lipinski definition) is 1. The summed E-state index contributed by atoms with van der Waals surface area (Å²) in [6.07, 6.45) is 4.96. The van der Waals surface area contributed by atoms with Crippen molar-refractivity contribution < 1.29 is 4.39 Å². The first kappa shape index (κ1) is 14.3. The zero-order chi connectivity index (χ0) is 13.7. The Morgan fingerprint density at radius 1 is 1.42 bits per heavy atom. The van der Waals surface area contributed by atoms with Crippen LogP contribution in [0.5, 0.6) is 0 Å². The van der Waals surface area contributed by atoms with E-state index in [-0.39, 0.29) is 5.82 Å². The zero-order valence-electron chi connectivity index (χ0n) is 12.1. The van der Waals surface area contributed by atoms with E-state index >= 15 is 0 Å². The van der Waals surface area contributed by atoms with E-state index in [9.17, 15) is 4.39 Å². The number of nitrogens with zero attached hydrogens (tertiary/aromatic N) is 1. The highest BCUT2D eigenvalue weighted by Crippen LogP contribution is 2.33. The molecule has 0 amide bonds. The van der Waals surface area contributed by atoms with E-state index in [1.165, 1.54) is 31.7 Å². The van der Waals surface area contributed by atoms with Crippen LogP contribution in [0.2, 0.25) is 0 Å². The fourth-order valence-corrected chi connectivity index (χ4v) is 3.30. The van der Waals surface area contributed by atoms with E-state index in [2.05, 4.69) is 24.2 Å². The normalized spacial score (nSPS) is 23.3. The minimum absolute atomic E-state index is 0.157. The molecule has 2 nitrogen and oxygen atoms in total. The fraction of sp³-hybridized carbons (Fsp3) is 0.625. The molecule has 2 rings (SSSR count). The van der Waals surface area contributed by atoms with E-state index in [0.29, 0.717) is 5.41 Å². The van der Waals surface area contributed by atoms with Crippen molar-refractivity contribution in [2.45, 2.75) is 32.6 Å². The van der Waals surface area contributed by atoms with Gasteiger partial charge in [0.25, 0.3) is 0 Å². The topological polar surface area (TPSA) is 15.3 Å². The van der Waals surface area contributed by atoms with Crippen LogP contribution in [0.3, 0.4) is 0 Å². The largest absolute Gasteiger partial charge is 0.374 e. The second kappa shape index (κ2) is 6.38. The highest BCUT2D eigenvalue weighted by atomic mass is 19.1. The molecule has 1 unspecified atom stereocenters. The summed E-state index contributed by atoms with van der Waals surface area (Å²) in [5.74, 6) is -0.157. The molecule has 0 radical (unpaired) electrons. The average molecular weight is 264 g/mol. The molecule has 19 heavy (non-hydrogen) atoms. The molecule has 0 saturated carbocycles. The molecule has 0 bridgehead atoms. The van der Waals surface area contributed by atoms with Crippen molar-refractivity contribution in [2.75, 3.05) is 31.6 Å². The van der Waals surface area contributed by atoms with Crippen molar-refractivity contribution in [3.8, 4) is 0 Å². The summed E-state index contributed by atoms with van der Waals surface area (Å²) in [6, 6.07) is 6.89. The van der Waals surface area contributed by atoms with Crippen molar-refractivity contribution >= 4 is 5.69 Å². The summed E-state index contributed by atoms with van der Waals surface area (Å²) in [6.45, 7) is 5.46. The molecule has 1 fully saturated rings. The Labute approximate surface area is 116 Å². The van der Waals surface area contributed by atoms with Crippen LogP contribution < -0.4 is 10.2 Å². The summed E-state index contributed by atoms with van der Waals surface area (Å²) >= 11 is 0. The molecular formula is C16H25FN2. The molecule has 1 atom stereocenters. The Morgan fingerprint density at radius 2 is 2.26 bits per heavy atom. The number of piperidine rings is 1. The molecular weight excluding hydrogens is 239 g/mol. The molecule has 106 valence electrons. The van der Waals surface area contributed by atoms with Gasteiger partial charge in [-0.05, 0) is 44.0 Å². The number of halogens is 1. The molecule has 1 saturated heterocycles. The lowest BCUT2D eigenvalue weighted by molar-refractivity contribution is 0.197. The van der Waals surface area contributed by atoms with Crippen LogP contribution in [0, 0.1) is 11.2 Å². The Bertz CT molecular complexity index is 394. The summed E-state index contributed by atoms with van der Waals surface area (Å²) in [5.41, 5.74) is 1.31. The molecule has 3 heteroatoms. The van der Waals surface area contributed by atoms with E-state index in [1.54, 1.807) is 12.1 Å².